The number of hydrogen-bond acceptors (Lipinski definition) is 8. The third kappa shape index (κ3) is 5.13. The predicted octanol–water partition coefficient (Wildman–Crippen LogP) is 4.21. The van der Waals surface area contributed by atoms with Crippen molar-refractivity contribution in [2.45, 2.75) is 32.7 Å². The molecular weight excluding hydrogens is 549 g/mol. The maximum atomic E-state index is 14.9. The first kappa shape index (κ1) is 28.2. The minimum Gasteiger partial charge on any atom is -0.479 e. The van der Waals surface area contributed by atoms with Crippen LogP contribution in [0.15, 0.2) is 54.1 Å². The van der Waals surface area contributed by atoms with Gasteiger partial charge in [0.2, 0.25) is 11.8 Å². The van der Waals surface area contributed by atoms with Gasteiger partial charge >= 0.3 is 5.69 Å². The summed E-state index contributed by atoms with van der Waals surface area (Å²) in [7, 11) is 1.46. The first-order valence-corrected chi connectivity index (χ1v) is 13.6. The number of pyridine rings is 1. The van der Waals surface area contributed by atoms with E-state index >= 15 is 0 Å². The number of nitrogens with zero attached hydrogens (tertiary/aromatic N) is 7. The number of methoxy groups -OCH3 is 1. The lowest BCUT2D eigenvalue weighted by Gasteiger charge is -2.40. The molecule has 0 bridgehead atoms. The average Bonchev–Trinajstić information content (AvgIpc) is 2.97. The van der Waals surface area contributed by atoms with Gasteiger partial charge in [-0.05, 0) is 37.6 Å². The summed E-state index contributed by atoms with van der Waals surface area (Å²) < 4.78 is 21.8. The highest BCUT2D eigenvalue weighted by atomic mass is 35.5. The van der Waals surface area contributed by atoms with Crippen LogP contribution < -0.4 is 15.3 Å². The Hall–Kier alpha value is -4.38. The van der Waals surface area contributed by atoms with E-state index in [0.717, 1.165) is 6.42 Å². The lowest BCUT2D eigenvalue weighted by molar-refractivity contribution is -0.126. The summed E-state index contributed by atoms with van der Waals surface area (Å²) in [6, 6.07) is 7.62. The van der Waals surface area contributed by atoms with Gasteiger partial charge in [-0.15, -0.1) is 0 Å². The Morgan fingerprint density at radius 3 is 2.71 bits per heavy atom. The molecule has 0 saturated carbocycles. The lowest BCUT2D eigenvalue weighted by Crippen LogP contribution is -2.54. The van der Waals surface area contributed by atoms with Crippen LogP contribution in [-0.4, -0.2) is 68.1 Å². The van der Waals surface area contributed by atoms with Crippen molar-refractivity contribution in [3.05, 3.63) is 76.3 Å². The second-order valence-electron chi connectivity index (χ2n) is 9.68. The number of aromatic nitrogens is 5. The fraction of sp³-hybridized carbons (Fsp3) is 0.310. The number of aryl methyl sites for hydroxylation is 1. The van der Waals surface area contributed by atoms with Crippen LogP contribution in [0.5, 0.6) is 5.88 Å². The molecule has 1 aliphatic heterocycles. The van der Waals surface area contributed by atoms with E-state index in [2.05, 4.69) is 21.5 Å². The summed E-state index contributed by atoms with van der Waals surface area (Å²) in [5.74, 6) is -0.130. The van der Waals surface area contributed by atoms with E-state index in [-0.39, 0.29) is 39.8 Å². The topological polar surface area (TPSA) is 106 Å². The van der Waals surface area contributed by atoms with Crippen LogP contribution in [0.25, 0.3) is 28.0 Å². The first-order chi connectivity index (χ1) is 19.8. The number of anilines is 1. The summed E-state index contributed by atoms with van der Waals surface area (Å²) in [4.78, 5) is 47.8. The minimum absolute atomic E-state index is 0.163. The molecule has 41 heavy (non-hydrogen) atoms. The number of carbonyl (C=O) groups excluding carboxylic acids is 1. The molecule has 12 heteroatoms. The molecule has 0 N–H and O–H groups in total. The van der Waals surface area contributed by atoms with Gasteiger partial charge in [-0.1, -0.05) is 43.7 Å². The molecule has 3 aromatic heterocycles. The molecule has 0 aliphatic carbocycles. The van der Waals surface area contributed by atoms with Crippen LogP contribution >= 0.6 is 11.6 Å². The predicted molar refractivity (Wildman–Crippen MR) is 155 cm³/mol. The highest BCUT2D eigenvalue weighted by Crippen LogP contribution is 2.36. The van der Waals surface area contributed by atoms with Crippen LogP contribution in [0.1, 0.15) is 26.0 Å². The number of rotatable bonds is 7. The van der Waals surface area contributed by atoms with E-state index in [9.17, 15) is 14.0 Å². The van der Waals surface area contributed by atoms with E-state index < -0.39 is 11.5 Å². The molecule has 4 aromatic rings. The van der Waals surface area contributed by atoms with Gasteiger partial charge in [0.1, 0.15) is 23.6 Å². The van der Waals surface area contributed by atoms with E-state index in [1.54, 1.807) is 29.2 Å². The SMILES string of the molecule is C=CC(=O)N1CCN(c2nc(=O)n(-c3c(CCC)ncnc3OC)c3nc(-c4ccccc4F)c(Cl)cc23)[C@@H](C)C1. The van der Waals surface area contributed by atoms with Crippen molar-refractivity contribution in [1.29, 1.82) is 0 Å². The van der Waals surface area contributed by atoms with Crippen LogP contribution in [0.2, 0.25) is 5.02 Å². The molecule has 212 valence electrons. The Morgan fingerprint density at radius 1 is 1.24 bits per heavy atom. The number of fused-ring (bicyclic) bond motifs is 1. The van der Waals surface area contributed by atoms with E-state index in [1.807, 2.05) is 18.7 Å². The highest BCUT2D eigenvalue weighted by Gasteiger charge is 2.30. The van der Waals surface area contributed by atoms with Gasteiger partial charge in [0.25, 0.3) is 0 Å². The van der Waals surface area contributed by atoms with Crippen LogP contribution in [0.4, 0.5) is 10.2 Å². The number of piperazine rings is 1. The maximum Gasteiger partial charge on any atom is 0.356 e. The van der Waals surface area contributed by atoms with E-state index in [0.29, 0.717) is 48.6 Å². The van der Waals surface area contributed by atoms with E-state index in [1.165, 1.54) is 30.1 Å². The van der Waals surface area contributed by atoms with Crippen molar-refractivity contribution in [3.8, 4) is 22.8 Å². The third-order valence-electron chi connectivity index (χ3n) is 7.08. The Morgan fingerprint density at radius 2 is 2.02 bits per heavy atom. The monoisotopic (exact) mass is 577 g/mol. The molecule has 1 saturated heterocycles. The van der Waals surface area contributed by atoms with Gasteiger partial charge in [0.05, 0.1) is 28.9 Å². The second kappa shape index (κ2) is 11.6. The second-order valence-corrected chi connectivity index (χ2v) is 10.1. The summed E-state index contributed by atoms with van der Waals surface area (Å²) >= 11 is 6.74. The van der Waals surface area contributed by atoms with Crippen molar-refractivity contribution in [1.82, 2.24) is 29.4 Å². The highest BCUT2D eigenvalue weighted by molar-refractivity contribution is 6.33. The maximum absolute atomic E-state index is 14.9. The number of amides is 1. The molecule has 1 aromatic carbocycles. The summed E-state index contributed by atoms with van der Waals surface area (Å²) in [6.45, 7) is 8.75. The van der Waals surface area contributed by atoms with Crippen LogP contribution in [-0.2, 0) is 11.2 Å². The van der Waals surface area contributed by atoms with Gasteiger partial charge in [0.15, 0.2) is 5.65 Å². The number of halogens is 2. The summed E-state index contributed by atoms with van der Waals surface area (Å²) in [5.41, 5.74) is 0.812. The molecular formula is C29H29ClFN7O3. The first-order valence-electron chi connectivity index (χ1n) is 13.2. The Labute approximate surface area is 241 Å². The molecule has 1 atom stereocenters. The van der Waals surface area contributed by atoms with Gasteiger partial charge in [-0.3, -0.25) is 4.79 Å². The number of ether oxygens (including phenoxy) is 1. The Bertz CT molecular complexity index is 1710. The molecule has 0 radical (unpaired) electrons. The standard InChI is InChI=1S/C29H29ClFN7O3/c1-5-9-22-25(28(41-4)33-16-32-22)38-27-19(14-20(30)24(34-27)18-10-7-8-11-21(18)31)26(35-29(38)40)37-13-12-36(15-17(37)3)23(39)6-2/h6-8,10-11,14,16-17H,2,5,9,12-13,15H2,1,3-4H3/t17-/m0/s1. The molecule has 0 spiro atoms. The Balaban J connectivity index is 1.81. The molecule has 1 amide bonds. The fourth-order valence-electron chi connectivity index (χ4n) is 5.16. The van der Waals surface area contributed by atoms with Gasteiger partial charge in [-0.25, -0.2) is 23.7 Å². The molecule has 1 fully saturated rings. The minimum atomic E-state index is -0.635. The lowest BCUT2D eigenvalue weighted by atomic mass is 10.1. The van der Waals surface area contributed by atoms with Crippen LogP contribution in [0, 0.1) is 5.82 Å². The summed E-state index contributed by atoms with van der Waals surface area (Å²) in [6.07, 6.45) is 3.95. The normalized spacial score (nSPS) is 15.3. The van der Waals surface area contributed by atoms with Gasteiger partial charge < -0.3 is 14.5 Å². The van der Waals surface area contributed by atoms with Gasteiger partial charge in [-0.2, -0.15) is 9.97 Å². The number of benzene rings is 1. The Kier molecular flexibility index (Phi) is 7.98. The van der Waals surface area contributed by atoms with Crippen molar-refractivity contribution in [2.75, 3.05) is 31.6 Å². The summed E-state index contributed by atoms with van der Waals surface area (Å²) in [5, 5.41) is 0.660. The van der Waals surface area contributed by atoms with Crippen molar-refractivity contribution in [3.63, 3.8) is 0 Å². The quantitative estimate of drug-likeness (QED) is 0.301. The largest absolute Gasteiger partial charge is 0.479 e. The van der Waals surface area contributed by atoms with Crippen molar-refractivity contribution < 1.29 is 13.9 Å². The molecule has 4 heterocycles. The zero-order chi connectivity index (χ0) is 29.3. The smallest absolute Gasteiger partial charge is 0.356 e. The molecule has 5 rings (SSSR count). The number of carbonyl (C=O) groups is 1. The molecule has 1 aliphatic rings. The number of hydrogen-bond donors (Lipinski definition) is 0. The average molecular weight is 578 g/mol. The van der Waals surface area contributed by atoms with Crippen LogP contribution in [0.3, 0.4) is 0 Å². The zero-order valence-corrected chi connectivity index (χ0v) is 23.7. The van der Waals surface area contributed by atoms with Crippen molar-refractivity contribution in [2.24, 2.45) is 0 Å². The zero-order valence-electron chi connectivity index (χ0n) is 23.0. The molecule has 10 nitrogen and oxygen atoms in total. The third-order valence-corrected chi connectivity index (χ3v) is 7.37. The van der Waals surface area contributed by atoms with E-state index in [4.69, 9.17) is 21.3 Å². The van der Waals surface area contributed by atoms with Gasteiger partial charge in [0, 0.05) is 31.2 Å². The fourth-order valence-corrected chi connectivity index (χ4v) is 5.41. The molecule has 0 unspecified atom stereocenters. The van der Waals surface area contributed by atoms with Crippen molar-refractivity contribution >= 4 is 34.4 Å².